The summed E-state index contributed by atoms with van der Waals surface area (Å²) in [6, 6.07) is 7.28. The zero-order chi connectivity index (χ0) is 24.7. The van der Waals surface area contributed by atoms with Crippen LogP contribution in [0, 0.1) is 11.6 Å². The Kier molecular flexibility index (Phi) is 8.89. The number of carbonyl (C=O) groups is 2. The van der Waals surface area contributed by atoms with Gasteiger partial charge >= 0.3 is 0 Å². The molecule has 10 heteroatoms. The van der Waals surface area contributed by atoms with Crippen LogP contribution < -0.4 is 15.4 Å². The number of halogens is 2. The highest BCUT2D eigenvalue weighted by Gasteiger charge is 2.29. The molecule has 2 fully saturated rings. The number of hydrogen-bond acceptors (Lipinski definition) is 6. The number of likely N-dealkylation sites (N-methyl/N-ethyl adjacent to an activating group) is 1. The number of methoxy groups -OCH3 is 1. The van der Waals surface area contributed by atoms with Crippen molar-refractivity contribution in [2.75, 3.05) is 32.6 Å². The van der Waals surface area contributed by atoms with Crippen molar-refractivity contribution < 1.29 is 27.8 Å². The molecule has 2 aliphatic rings. The van der Waals surface area contributed by atoms with Gasteiger partial charge in [0.2, 0.25) is 5.82 Å². The van der Waals surface area contributed by atoms with Gasteiger partial charge in [-0.15, -0.1) is 0 Å². The van der Waals surface area contributed by atoms with Gasteiger partial charge < -0.3 is 25.0 Å². The predicted octanol–water partition coefficient (Wildman–Crippen LogP) is 2.99. The van der Waals surface area contributed by atoms with Crippen molar-refractivity contribution in [1.82, 2.24) is 15.2 Å². The van der Waals surface area contributed by atoms with Gasteiger partial charge in [0.15, 0.2) is 11.6 Å². The minimum atomic E-state index is -0.940. The lowest BCUT2D eigenvalue weighted by molar-refractivity contribution is -0.126. The van der Waals surface area contributed by atoms with Gasteiger partial charge in [-0.1, -0.05) is 6.07 Å². The molecule has 2 saturated heterocycles. The van der Waals surface area contributed by atoms with Gasteiger partial charge in [0.1, 0.15) is 11.8 Å². The molecule has 0 spiro atoms. The SMILES string of the molecule is CC1CCC(C(=O)Nc2ccnc(C(=O)N(C)C3CCNC3)c2)O1.COc1cccc(F)c1F. The summed E-state index contributed by atoms with van der Waals surface area (Å²) in [7, 11) is 3.08. The van der Waals surface area contributed by atoms with Crippen LogP contribution in [0.2, 0.25) is 0 Å². The normalized spacial score (nSPS) is 21.4. The molecular weight excluding hydrogens is 446 g/mol. The van der Waals surface area contributed by atoms with E-state index in [2.05, 4.69) is 20.4 Å². The Balaban J connectivity index is 0.000000271. The topological polar surface area (TPSA) is 92.8 Å². The van der Waals surface area contributed by atoms with E-state index in [0.29, 0.717) is 11.4 Å². The van der Waals surface area contributed by atoms with Gasteiger partial charge in [-0.3, -0.25) is 14.6 Å². The van der Waals surface area contributed by atoms with Crippen LogP contribution in [0.4, 0.5) is 14.5 Å². The minimum Gasteiger partial charge on any atom is -0.494 e. The Bertz CT molecular complexity index is 1000. The molecular formula is C24H30F2N4O4. The van der Waals surface area contributed by atoms with Gasteiger partial charge in [0, 0.05) is 31.5 Å². The van der Waals surface area contributed by atoms with Crippen LogP contribution in [0.1, 0.15) is 36.7 Å². The highest BCUT2D eigenvalue weighted by Crippen LogP contribution is 2.21. The Hall–Kier alpha value is -3.11. The van der Waals surface area contributed by atoms with Crippen molar-refractivity contribution in [3.63, 3.8) is 0 Å². The predicted molar refractivity (Wildman–Crippen MR) is 123 cm³/mol. The average Bonchev–Trinajstić information content (AvgIpc) is 3.53. The van der Waals surface area contributed by atoms with Crippen LogP contribution in [-0.4, -0.2) is 67.2 Å². The van der Waals surface area contributed by atoms with Crippen molar-refractivity contribution in [1.29, 1.82) is 0 Å². The third-order valence-corrected chi connectivity index (χ3v) is 5.81. The van der Waals surface area contributed by atoms with E-state index in [1.165, 1.54) is 19.2 Å². The molecule has 184 valence electrons. The summed E-state index contributed by atoms with van der Waals surface area (Å²) in [5.74, 6) is -2.20. The molecule has 2 N–H and O–H groups in total. The van der Waals surface area contributed by atoms with Crippen LogP contribution in [-0.2, 0) is 9.53 Å². The summed E-state index contributed by atoms with van der Waals surface area (Å²) in [5.41, 5.74) is 0.905. The molecule has 1 aromatic heterocycles. The van der Waals surface area contributed by atoms with Crippen LogP contribution in [0.5, 0.6) is 5.75 Å². The molecule has 3 unspecified atom stereocenters. The first-order valence-corrected chi connectivity index (χ1v) is 11.2. The van der Waals surface area contributed by atoms with E-state index in [9.17, 15) is 18.4 Å². The molecule has 0 bridgehead atoms. The summed E-state index contributed by atoms with van der Waals surface area (Å²) in [4.78, 5) is 30.7. The van der Waals surface area contributed by atoms with Crippen molar-refractivity contribution in [3.8, 4) is 5.75 Å². The van der Waals surface area contributed by atoms with Crippen LogP contribution >= 0.6 is 0 Å². The van der Waals surface area contributed by atoms with Crippen molar-refractivity contribution in [3.05, 3.63) is 53.9 Å². The van der Waals surface area contributed by atoms with Gasteiger partial charge in [-0.05, 0) is 57.0 Å². The number of pyridine rings is 1. The lowest BCUT2D eigenvalue weighted by atomic mass is 10.2. The maximum atomic E-state index is 12.6. The average molecular weight is 477 g/mol. The number of amides is 2. The second kappa shape index (κ2) is 11.8. The molecule has 4 rings (SSSR count). The van der Waals surface area contributed by atoms with Gasteiger partial charge in [-0.2, -0.15) is 4.39 Å². The number of nitrogens with zero attached hydrogens (tertiary/aromatic N) is 2. The van der Waals surface area contributed by atoms with Crippen molar-refractivity contribution >= 4 is 17.5 Å². The van der Waals surface area contributed by atoms with Crippen molar-refractivity contribution in [2.24, 2.45) is 0 Å². The Labute approximate surface area is 197 Å². The minimum absolute atomic E-state index is 0.0694. The largest absolute Gasteiger partial charge is 0.494 e. The number of aromatic nitrogens is 1. The lowest BCUT2D eigenvalue weighted by Gasteiger charge is -2.23. The number of benzene rings is 1. The lowest BCUT2D eigenvalue weighted by Crippen LogP contribution is -2.38. The van der Waals surface area contributed by atoms with Crippen LogP contribution in [0.25, 0.3) is 0 Å². The molecule has 0 saturated carbocycles. The first-order chi connectivity index (χ1) is 16.3. The molecule has 0 radical (unpaired) electrons. The van der Waals surface area contributed by atoms with Crippen molar-refractivity contribution in [2.45, 2.75) is 44.4 Å². The van der Waals surface area contributed by atoms with Crippen LogP contribution in [0.15, 0.2) is 36.5 Å². The van der Waals surface area contributed by atoms with Gasteiger partial charge in [-0.25, -0.2) is 4.39 Å². The monoisotopic (exact) mass is 476 g/mol. The van der Waals surface area contributed by atoms with Gasteiger partial charge in [0.25, 0.3) is 11.8 Å². The van der Waals surface area contributed by atoms with E-state index >= 15 is 0 Å². The standard InChI is InChI=1S/C17H24N4O3.C7H6F2O/c1-11-3-4-15(24-11)16(22)20-12-5-8-19-14(9-12)17(23)21(2)13-6-7-18-10-13;1-10-6-4-2-3-5(8)7(6)9/h5,8-9,11,13,15,18H,3-4,6-7,10H2,1-2H3,(H,19,20,22);2-4H,1H3. The van der Waals surface area contributed by atoms with E-state index in [-0.39, 0.29) is 29.7 Å². The van der Waals surface area contributed by atoms with E-state index in [1.807, 2.05) is 6.92 Å². The fraction of sp³-hybridized carbons (Fsp3) is 0.458. The number of nitrogens with one attached hydrogen (secondary N) is 2. The molecule has 0 aliphatic carbocycles. The summed E-state index contributed by atoms with van der Waals surface area (Å²) >= 11 is 0. The van der Waals surface area contributed by atoms with E-state index in [0.717, 1.165) is 38.4 Å². The summed E-state index contributed by atoms with van der Waals surface area (Å²) in [5, 5.41) is 6.07. The maximum Gasteiger partial charge on any atom is 0.272 e. The number of rotatable bonds is 5. The van der Waals surface area contributed by atoms with Gasteiger partial charge in [0.05, 0.1) is 13.2 Å². The quantitative estimate of drug-likeness (QED) is 0.689. The fourth-order valence-electron chi connectivity index (χ4n) is 3.80. The van der Waals surface area contributed by atoms with Crippen LogP contribution in [0.3, 0.4) is 0 Å². The zero-order valence-corrected chi connectivity index (χ0v) is 19.5. The molecule has 2 amide bonds. The number of hydrogen-bond donors (Lipinski definition) is 2. The number of anilines is 1. The van der Waals surface area contributed by atoms with E-state index in [4.69, 9.17) is 4.74 Å². The first kappa shape index (κ1) is 25.5. The highest BCUT2D eigenvalue weighted by molar-refractivity contribution is 5.97. The summed E-state index contributed by atoms with van der Waals surface area (Å²) in [6.45, 7) is 3.69. The molecule has 1 aromatic carbocycles. The van der Waals surface area contributed by atoms with E-state index in [1.54, 1.807) is 30.3 Å². The Morgan fingerprint density at radius 2 is 2.03 bits per heavy atom. The zero-order valence-electron chi connectivity index (χ0n) is 19.5. The third-order valence-electron chi connectivity index (χ3n) is 5.81. The highest BCUT2D eigenvalue weighted by atomic mass is 19.2. The molecule has 2 aromatic rings. The molecule has 8 nitrogen and oxygen atoms in total. The number of carbonyl (C=O) groups excluding carboxylic acids is 2. The Morgan fingerprint density at radius 3 is 2.65 bits per heavy atom. The maximum absolute atomic E-state index is 12.6. The molecule has 3 atom stereocenters. The molecule has 3 heterocycles. The second-order valence-corrected chi connectivity index (χ2v) is 8.25. The molecule has 2 aliphatic heterocycles. The second-order valence-electron chi connectivity index (χ2n) is 8.25. The Morgan fingerprint density at radius 1 is 1.24 bits per heavy atom. The van der Waals surface area contributed by atoms with E-state index < -0.39 is 17.7 Å². The molecule has 34 heavy (non-hydrogen) atoms. The third kappa shape index (κ3) is 6.48. The smallest absolute Gasteiger partial charge is 0.272 e. The first-order valence-electron chi connectivity index (χ1n) is 11.2. The summed E-state index contributed by atoms with van der Waals surface area (Å²) in [6.07, 6.45) is 3.79. The summed E-state index contributed by atoms with van der Waals surface area (Å²) < 4.78 is 34.9. The fourth-order valence-corrected chi connectivity index (χ4v) is 3.80. The number of ether oxygens (including phenoxy) is 2.